The van der Waals surface area contributed by atoms with E-state index < -0.39 is 18.2 Å². The summed E-state index contributed by atoms with van der Waals surface area (Å²) in [5, 5.41) is 33.5. The first-order valence-corrected chi connectivity index (χ1v) is 28.3. The highest BCUT2D eigenvalue weighted by atomic mass is 16.3. The van der Waals surface area contributed by atoms with E-state index in [2.05, 4.69) is 55.6 Å². The zero-order valence-corrected chi connectivity index (χ0v) is 42.5. The third-order valence-corrected chi connectivity index (χ3v) is 13.2. The van der Waals surface area contributed by atoms with Gasteiger partial charge in [0.25, 0.3) is 0 Å². The average Bonchev–Trinajstić information content (AvgIpc) is 3.29. The zero-order chi connectivity index (χ0) is 45.8. The third-order valence-electron chi connectivity index (χ3n) is 13.2. The number of amides is 1. The molecule has 0 fully saturated rings. The Morgan fingerprint density at radius 1 is 0.397 bits per heavy atom. The van der Waals surface area contributed by atoms with Crippen LogP contribution in [0, 0.1) is 0 Å². The molecule has 5 nitrogen and oxygen atoms in total. The minimum atomic E-state index is -1.16. The predicted molar refractivity (Wildman–Crippen MR) is 278 cm³/mol. The standard InChI is InChI=1S/C58H111NO4/c1-3-5-7-9-11-13-15-16-17-18-19-20-21-22-23-24-25-26-27-28-29-30-31-32-33-34-35-36-37-38-39-40-41-42-43-45-47-49-51-53-57(62)59-55(54-60)58(63)56(61)52-50-48-46-44-14-12-10-8-6-4-2/h25-26,28-29,44,46,55-56,58,60-61,63H,3-24,27,30-43,45,47-54H2,1-2H3,(H,59,62)/b26-25-,29-28-,46-44+. The van der Waals surface area contributed by atoms with Crippen LogP contribution in [0.15, 0.2) is 36.5 Å². The molecule has 372 valence electrons. The van der Waals surface area contributed by atoms with Gasteiger partial charge in [-0.05, 0) is 70.6 Å². The Morgan fingerprint density at radius 2 is 0.683 bits per heavy atom. The molecule has 0 aromatic rings. The maximum atomic E-state index is 12.4. The predicted octanol–water partition coefficient (Wildman–Crippen LogP) is 17.4. The van der Waals surface area contributed by atoms with Crippen molar-refractivity contribution in [1.82, 2.24) is 5.32 Å². The number of unbranched alkanes of at least 4 members (excludes halogenated alkanes) is 38. The van der Waals surface area contributed by atoms with Crippen molar-refractivity contribution in [3.63, 3.8) is 0 Å². The molecule has 0 rings (SSSR count). The van der Waals surface area contributed by atoms with Gasteiger partial charge in [-0.3, -0.25) is 4.79 Å². The fourth-order valence-electron chi connectivity index (χ4n) is 8.84. The summed E-state index contributed by atoms with van der Waals surface area (Å²) in [6.07, 6.45) is 69.1. The van der Waals surface area contributed by atoms with E-state index in [9.17, 15) is 20.1 Å². The molecule has 4 N–H and O–H groups in total. The molecular weight excluding hydrogens is 775 g/mol. The summed E-state index contributed by atoms with van der Waals surface area (Å²) in [6.45, 7) is 4.15. The molecule has 0 aliphatic rings. The van der Waals surface area contributed by atoms with E-state index >= 15 is 0 Å². The maximum Gasteiger partial charge on any atom is 0.220 e. The summed E-state index contributed by atoms with van der Waals surface area (Å²) in [5.74, 6) is -0.153. The van der Waals surface area contributed by atoms with Gasteiger partial charge in [-0.1, -0.05) is 262 Å². The Balaban J connectivity index is 3.44. The largest absolute Gasteiger partial charge is 0.394 e. The van der Waals surface area contributed by atoms with Crippen LogP contribution >= 0.6 is 0 Å². The molecule has 3 atom stereocenters. The summed E-state index contributed by atoms with van der Waals surface area (Å²) in [7, 11) is 0. The average molecular weight is 887 g/mol. The smallest absolute Gasteiger partial charge is 0.220 e. The van der Waals surface area contributed by atoms with Gasteiger partial charge in [0.2, 0.25) is 5.91 Å². The number of nitrogens with one attached hydrogen (secondary N) is 1. The second-order valence-corrected chi connectivity index (χ2v) is 19.5. The maximum absolute atomic E-state index is 12.4. The molecule has 3 unspecified atom stereocenters. The van der Waals surface area contributed by atoms with Crippen molar-refractivity contribution in [1.29, 1.82) is 0 Å². The minimum absolute atomic E-state index is 0.153. The van der Waals surface area contributed by atoms with Crippen LogP contribution in [0.1, 0.15) is 303 Å². The van der Waals surface area contributed by atoms with Gasteiger partial charge in [-0.2, -0.15) is 0 Å². The summed E-state index contributed by atoms with van der Waals surface area (Å²) in [5.41, 5.74) is 0. The highest BCUT2D eigenvalue weighted by Crippen LogP contribution is 2.17. The Hall–Kier alpha value is -1.43. The van der Waals surface area contributed by atoms with E-state index in [4.69, 9.17) is 0 Å². The van der Waals surface area contributed by atoms with Gasteiger partial charge in [-0.15, -0.1) is 0 Å². The number of carbonyl (C=O) groups excluding carboxylic acids is 1. The lowest BCUT2D eigenvalue weighted by Crippen LogP contribution is -2.50. The van der Waals surface area contributed by atoms with Crippen molar-refractivity contribution in [3.8, 4) is 0 Å². The molecule has 0 heterocycles. The van der Waals surface area contributed by atoms with Gasteiger partial charge < -0.3 is 20.6 Å². The summed E-state index contributed by atoms with van der Waals surface area (Å²) < 4.78 is 0. The summed E-state index contributed by atoms with van der Waals surface area (Å²) in [6, 6.07) is -0.824. The van der Waals surface area contributed by atoms with Crippen molar-refractivity contribution in [2.24, 2.45) is 0 Å². The first-order valence-electron chi connectivity index (χ1n) is 28.3. The van der Waals surface area contributed by atoms with E-state index in [-0.39, 0.29) is 12.5 Å². The molecule has 0 aliphatic heterocycles. The van der Waals surface area contributed by atoms with Crippen molar-refractivity contribution < 1.29 is 20.1 Å². The summed E-state index contributed by atoms with van der Waals surface area (Å²) >= 11 is 0. The molecule has 0 aliphatic carbocycles. The number of rotatable bonds is 52. The molecule has 1 amide bonds. The van der Waals surface area contributed by atoms with Gasteiger partial charge in [0.1, 0.15) is 6.10 Å². The van der Waals surface area contributed by atoms with Crippen molar-refractivity contribution in [2.45, 2.75) is 321 Å². The number of carbonyl (C=O) groups is 1. The monoisotopic (exact) mass is 886 g/mol. The zero-order valence-electron chi connectivity index (χ0n) is 42.5. The topological polar surface area (TPSA) is 89.8 Å². The van der Waals surface area contributed by atoms with Gasteiger partial charge in [-0.25, -0.2) is 0 Å². The number of aliphatic hydroxyl groups excluding tert-OH is 3. The Kier molecular flexibility index (Phi) is 52.0. The molecule has 0 aromatic heterocycles. The molecular formula is C58H111NO4. The van der Waals surface area contributed by atoms with E-state index in [0.29, 0.717) is 12.8 Å². The van der Waals surface area contributed by atoms with Crippen LogP contribution in [-0.2, 0) is 4.79 Å². The highest BCUT2D eigenvalue weighted by Gasteiger charge is 2.26. The second kappa shape index (κ2) is 53.2. The molecule has 5 heteroatoms. The van der Waals surface area contributed by atoms with Crippen LogP contribution < -0.4 is 5.32 Å². The third kappa shape index (κ3) is 48.3. The molecule has 63 heavy (non-hydrogen) atoms. The van der Waals surface area contributed by atoms with Crippen LogP contribution in [0.25, 0.3) is 0 Å². The number of hydrogen-bond acceptors (Lipinski definition) is 4. The lowest BCUT2D eigenvalue weighted by atomic mass is 10.0. The fraction of sp³-hybridized carbons (Fsp3) is 0.879. The second-order valence-electron chi connectivity index (χ2n) is 19.5. The first-order chi connectivity index (χ1) is 31.1. The van der Waals surface area contributed by atoms with Crippen molar-refractivity contribution in [3.05, 3.63) is 36.5 Å². The SMILES string of the molecule is CCCCCCC/C=C/CCCC(O)C(O)C(CO)NC(=O)CCCCCCCCCCCCCCCCCCC/C=C\C/C=C\CCCCCCCCCCCCCCCCC. The van der Waals surface area contributed by atoms with E-state index in [1.54, 1.807) is 0 Å². The molecule has 0 saturated heterocycles. The minimum Gasteiger partial charge on any atom is -0.394 e. The normalized spacial score (nSPS) is 13.5. The highest BCUT2D eigenvalue weighted by molar-refractivity contribution is 5.76. The number of allylic oxidation sites excluding steroid dienone is 6. The molecule has 0 aromatic carbocycles. The van der Waals surface area contributed by atoms with E-state index in [1.165, 1.54) is 231 Å². The number of aliphatic hydroxyl groups is 3. The molecule has 0 radical (unpaired) electrons. The van der Waals surface area contributed by atoms with Crippen LogP contribution in [0.5, 0.6) is 0 Å². The van der Waals surface area contributed by atoms with Crippen LogP contribution in [0.3, 0.4) is 0 Å². The Labute approximate surface area is 394 Å². The van der Waals surface area contributed by atoms with Gasteiger partial charge in [0, 0.05) is 6.42 Å². The molecule has 0 saturated carbocycles. The molecule has 0 spiro atoms. The Morgan fingerprint density at radius 3 is 1.02 bits per heavy atom. The fourth-order valence-corrected chi connectivity index (χ4v) is 8.84. The van der Waals surface area contributed by atoms with E-state index in [0.717, 1.165) is 44.9 Å². The van der Waals surface area contributed by atoms with Gasteiger partial charge in [0.05, 0.1) is 18.8 Å². The van der Waals surface area contributed by atoms with Crippen molar-refractivity contribution in [2.75, 3.05) is 6.61 Å². The number of hydrogen-bond donors (Lipinski definition) is 4. The van der Waals surface area contributed by atoms with Gasteiger partial charge >= 0.3 is 0 Å². The Bertz CT molecular complexity index is 978. The summed E-state index contributed by atoms with van der Waals surface area (Å²) in [4.78, 5) is 12.4. The van der Waals surface area contributed by atoms with Crippen LogP contribution in [0.2, 0.25) is 0 Å². The van der Waals surface area contributed by atoms with E-state index in [1.807, 2.05) is 0 Å². The van der Waals surface area contributed by atoms with Crippen LogP contribution in [0.4, 0.5) is 0 Å². The lowest BCUT2D eigenvalue weighted by Gasteiger charge is -2.26. The molecule has 0 bridgehead atoms. The first kappa shape index (κ1) is 61.6. The van der Waals surface area contributed by atoms with Gasteiger partial charge in [0.15, 0.2) is 0 Å². The van der Waals surface area contributed by atoms with Crippen LogP contribution in [-0.4, -0.2) is 46.1 Å². The lowest BCUT2D eigenvalue weighted by molar-refractivity contribution is -0.124. The van der Waals surface area contributed by atoms with Crippen molar-refractivity contribution >= 4 is 5.91 Å². The quantitative estimate of drug-likeness (QED) is 0.0362.